The van der Waals surface area contributed by atoms with Gasteiger partial charge in [0.2, 0.25) is 0 Å². The van der Waals surface area contributed by atoms with Crippen LogP contribution in [0.3, 0.4) is 0 Å². The molecule has 0 radical (unpaired) electrons. The van der Waals surface area contributed by atoms with Gasteiger partial charge in [0.25, 0.3) is 0 Å². The quantitative estimate of drug-likeness (QED) is 0.643. The summed E-state index contributed by atoms with van der Waals surface area (Å²) >= 11 is 0. The summed E-state index contributed by atoms with van der Waals surface area (Å²) in [6.07, 6.45) is 0.571. The van der Waals surface area contributed by atoms with E-state index in [1.165, 1.54) is 0 Å². The van der Waals surface area contributed by atoms with E-state index in [0.717, 1.165) is 0 Å². The second-order valence-corrected chi connectivity index (χ2v) is 3.58. The van der Waals surface area contributed by atoms with Crippen molar-refractivity contribution in [3.63, 3.8) is 0 Å². The van der Waals surface area contributed by atoms with Crippen molar-refractivity contribution in [2.24, 2.45) is 0 Å². The van der Waals surface area contributed by atoms with Crippen LogP contribution >= 0.6 is 8.25 Å². The van der Waals surface area contributed by atoms with Crippen molar-refractivity contribution in [2.75, 3.05) is 0 Å². The monoisotopic (exact) mass is 180 g/mol. The molecule has 0 spiro atoms. The Kier molecular flexibility index (Phi) is 3.07. The molecule has 4 atom stereocenters. The zero-order valence-corrected chi connectivity index (χ0v) is 7.61. The Morgan fingerprint density at radius 3 is 2.64 bits per heavy atom. The fourth-order valence-corrected chi connectivity index (χ4v) is 1.85. The van der Waals surface area contributed by atoms with Gasteiger partial charge in [0.05, 0.1) is 18.3 Å². The zero-order valence-electron chi connectivity index (χ0n) is 6.61. The van der Waals surface area contributed by atoms with E-state index in [0.29, 0.717) is 6.42 Å². The third-order valence-corrected chi connectivity index (χ3v) is 2.29. The molecular weight excluding hydrogens is 167 g/mol. The van der Waals surface area contributed by atoms with E-state index in [4.69, 9.17) is 14.2 Å². The summed E-state index contributed by atoms with van der Waals surface area (Å²) in [5, 5.41) is 0. The lowest BCUT2D eigenvalue weighted by Crippen LogP contribution is -2.17. The van der Waals surface area contributed by atoms with Crippen molar-refractivity contribution in [3.8, 4) is 0 Å². The van der Waals surface area contributed by atoms with Gasteiger partial charge in [0, 0.05) is 6.42 Å². The van der Waals surface area contributed by atoms with Gasteiger partial charge in [0.1, 0.15) is 0 Å². The molecule has 1 aliphatic rings. The Morgan fingerprint density at radius 2 is 2.27 bits per heavy atom. The van der Waals surface area contributed by atoms with Crippen molar-refractivity contribution in [1.82, 2.24) is 0 Å². The van der Waals surface area contributed by atoms with Crippen molar-refractivity contribution < 1.29 is 18.7 Å². The largest absolute Gasteiger partial charge is 0.373 e. The molecule has 0 aromatic rings. The van der Waals surface area contributed by atoms with Gasteiger partial charge in [-0.05, 0) is 13.8 Å². The molecule has 0 amide bonds. The Morgan fingerprint density at radius 1 is 1.64 bits per heavy atom. The van der Waals surface area contributed by atoms with Crippen molar-refractivity contribution in [3.05, 3.63) is 0 Å². The third kappa shape index (κ3) is 2.56. The fraction of sp³-hybridized carbons (Fsp3) is 1.00. The third-order valence-electron chi connectivity index (χ3n) is 1.79. The predicted octanol–water partition coefficient (Wildman–Crippen LogP) is 0.951. The first-order chi connectivity index (χ1) is 5.09. The average Bonchev–Trinajstić information content (AvgIpc) is 2.09. The topological polar surface area (TPSA) is 55.8 Å². The van der Waals surface area contributed by atoms with Crippen molar-refractivity contribution >= 4 is 8.25 Å². The molecule has 4 nitrogen and oxygen atoms in total. The molecule has 0 aromatic heterocycles. The Balaban J connectivity index is 2.40. The molecule has 1 heterocycles. The van der Waals surface area contributed by atoms with E-state index in [9.17, 15) is 4.57 Å². The molecule has 1 rings (SSSR count). The SMILES string of the molecule is CC1CC(O[PH](=O)O)C(C)O1. The summed E-state index contributed by atoms with van der Waals surface area (Å²) in [5.74, 6) is 0. The van der Waals surface area contributed by atoms with Gasteiger partial charge in [-0.2, -0.15) is 0 Å². The van der Waals surface area contributed by atoms with Crippen LogP contribution in [0.2, 0.25) is 0 Å². The molecule has 0 bridgehead atoms. The Hall–Kier alpha value is 0.110. The van der Waals surface area contributed by atoms with Crippen LogP contribution in [0.5, 0.6) is 0 Å². The van der Waals surface area contributed by atoms with E-state index >= 15 is 0 Å². The van der Waals surface area contributed by atoms with Gasteiger partial charge < -0.3 is 14.2 Å². The maximum Gasteiger partial charge on any atom is 0.316 e. The second kappa shape index (κ2) is 3.68. The molecule has 0 aliphatic carbocycles. The van der Waals surface area contributed by atoms with Gasteiger partial charge in [-0.25, -0.2) is 0 Å². The lowest BCUT2D eigenvalue weighted by molar-refractivity contribution is 0.0351. The number of ether oxygens (including phenoxy) is 1. The lowest BCUT2D eigenvalue weighted by Gasteiger charge is -2.11. The number of rotatable bonds is 2. The molecule has 11 heavy (non-hydrogen) atoms. The zero-order chi connectivity index (χ0) is 8.43. The highest BCUT2D eigenvalue weighted by atomic mass is 31.1. The molecule has 1 fully saturated rings. The molecule has 1 aliphatic heterocycles. The number of hydrogen-bond donors (Lipinski definition) is 1. The summed E-state index contributed by atoms with van der Waals surface area (Å²) in [5.41, 5.74) is 0. The normalized spacial score (nSPS) is 40.8. The highest BCUT2D eigenvalue weighted by Crippen LogP contribution is 2.29. The summed E-state index contributed by atoms with van der Waals surface area (Å²) in [7, 11) is -2.80. The van der Waals surface area contributed by atoms with E-state index in [1.807, 2.05) is 13.8 Å². The van der Waals surface area contributed by atoms with E-state index < -0.39 is 8.25 Å². The summed E-state index contributed by atoms with van der Waals surface area (Å²) in [6, 6.07) is 0. The maximum atomic E-state index is 10.3. The first kappa shape index (κ1) is 9.20. The van der Waals surface area contributed by atoms with E-state index in [2.05, 4.69) is 0 Å². The lowest BCUT2D eigenvalue weighted by atomic mass is 10.2. The van der Waals surface area contributed by atoms with Crippen LogP contribution in [0.15, 0.2) is 0 Å². The van der Waals surface area contributed by atoms with Gasteiger partial charge in [0.15, 0.2) is 0 Å². The molecule has 4 unspecified atom stereocenters. The highest BCUT2D eigenvalue weighted by molar-refractivity contribution is 7.32. The highest BCUT2D eigenvalue weighted by Gasteiger charge is 2.31. The first-order valence-electron chi connectivity index (χ1n) is 3.64. The molecule has 0 aromatic carbocycles. The summed E-state index contributed by atoms with van der Waals surface area (Å²) in [4.78, 5) is 8.49. The minimum absolute atomic E-state index is 0.0638. The molecule has 5 heteroatoms. The van der Waals surface area contributed by atoms with Crippen LogP contribution < -0.4 is 0 Å². The van der Waals surface area contributed by atoms with Crippen LogP contribution in [-0.2, 0) is 13.8 Å². The summed E-state index contributed by atoms with van der Waals surface area (Å²) < 4.78 is 20.4. The Bertz CT molecular complexity index is 161. The molecule has 1 saturated heterocycles. The van der Waals surface area contributed by atoms with E-state index in [1.54, 1.807) is 0 Å². The number of hydrogen-bond acceptors (Lipinski definition) is 3. The maximum absolute atomic E-state index is 10.3. The molecular formula is C6H13O4P. The minimum Gasteiger partial charge on any atom is -0.373 e. The van der Waals surface area contributed by atoms with Crippen molar-refractivity contribution in [1.29, 1.82) is 0 Å². The Labute approximate surface area is 66.5 Å². The standard InChI is InChI=1S/C6H13O4P/c1-4-3-6(5(2)9-4)10-11(7)8/h4-6,11H,3H2,1-2H3,(H,7,8). The second-order valence-electron chi connectivity index (χ2n) is 2.81. The smallest absolute Gasteiger partial charge is 0.316 e. The predicted molar refractivity (Wildman–Crippen MR) is 40.7 cm³/mol. The molecule has 66 valence electrons. The van der Waals surface area contributed by atoms with Crippen molar-refractivity contribution in [2.45, 2.75) is 38.6 Å². The fourth-order valence-electron chi connectivity index (χ4n) is 1.30. The van der Waals surface area contributed by atoms with Gasteiger partial charge in [-0.15, -0.1) is 0 Å². The molecule has 0 saturated carbocycles. The van der Waals surface area contributed by atoms with Crippen LogP contribution in [0.4, 0.5) is 0 Å². The molecule has 1 N–H and O–H groups in total. The average molecular weight is 180 g/mol. The van der Waals surface area contributed by atoms with Crippen LogP contribution in [0, 0.1) is 0 Å². The van der Waals surface area contributed by atoms with E-state index in [-0.39, 0.29) is 18.3 Å². The van der Waals surface area contributed by atoms with Gasteiger partial charge >= 0.3 is 8.25 Å². The van der Waals surface area contributed by atoms with Crippen LogP contribution in [-0.4, -0.2) is 23.2 Å². The van der Waals surface area contributed by atoms with Crippen LogP contribution in [0.25, 0.3) is 0 Å². The first-order valence-corrected chi connectivity index (χ1v) is 4.91. The minimum atomic E-state index is -2.80. The summed E-state index contributed by atoms with van der Waals surface area (Å²) in [6.45, 7) is 3.77. The van der Waals surface area contributed by atoms with Gasteiger partial charge in [-0.3, -0.25) is 4.57 Å². The van der Waals surface area contributed by atoms with Gasteiger partial charge in [-0.1, -0.05) is 0 Å². The van der Waals surface area contributed by atoms with Crippen LogP contribution in [0.1, 0.15) is 20.3 Å².